The molecule has 4 N–H and O–H groups in total. The van der Waals surface area contributed by atoms with Gasteiger partial charge in [0.1, 0.15) is 11.2 Å². The smallest absolute Gasteiger partial charge is 0.307 e. The first-order valence-corrected chi connectivity index (χ1v) is 14.4. The Morgan fingerprint density at radius 3 is 2.46 bits per heavy atom. The van der Waals surface area contributed by atoms with Crippen molar-refractivity contribution >= 4 is 52.4 Å². The van der Waals surface area contributed by atoms with E-state index in [0.717, 1.165) is 19.3 Å². The fourth-order valence-electron chi connectivity index (χ4n) is 7.32. The molecule has 2 spiro atoms. The summed E-state index contributed by atoms with van der Waals surface area (Å²) in [6.07, 6.45) is 3.77. The number of hydrogen-bond acceptors (Lipinski definition) is 4. The van der Waals surface area contributed by atoms with Crippen molar-refractivity contribution in [1.29, 1.82) is 0 Å². The molecule has 0 radical (unpaired) electrons. The van der Waals surface area contributed by atoms with Crippen LogP contribution in [0.4, 0.5) is 15.8 Å². The van der Waals surface area contributed by atoms with Gasteiger partial charge in [-0.15, -0.1) is 0 Å². The highest BCUT2D eigenvalue weighted by molar-refractivity contribution is 6.31. The first-order valence-electron chi connectivity index (χ1n) is 13.6. The van der Waals surface area contributed by atoms with Gasteiger partial charge in [0.15, 0.2) is 0 Å². The van der Waals surface area contributed by atoms with Crippen LogP contribution in [0.2, 0.25) is 10.0 Å². The van der Waals surface area contributed by atoms with Crippen LogP contribution in [0, 0.1) is 5.82 Å². The third kappa shape index (κ3) is 4.40. The number of rotatable bonds is 5. The van der Waals surface area contributed by atoms with Crippen LogP contribution in [-0.4, -0.2) is 34.5 Å². The summed E-state index contributed by atoms with van der Waals surface area (Å²) in [6, 6.07) is 15.4. The van der Waals surface area contributed by atoms with E-state index in [-0.39, 0.29) is 22.9 Å². The van der Waals surface area contributed by atoms with Gasteiger partial charge in [0.25, 0.3) is 0 Å². The van der Waals surface area contributed by atoms with Gasteiger partial charge in [0.2, 0.25) is 11.8 Å². The van der Waals surface area contributed by atoms with E-state index in [9.17, 15) is 14.4 Å². The molecule has 3 aromatic carbocycles. The van der Waals surface area contributed by atoms with Gasteiger partial charge in [-0.1, -0.05) is 72.8 Å². The molecule has 3 aliphatic rings. The zero-order chi connectivity index (χ0) is 28.9. The topological polar surface area (TPSA) is 108 Å². The molecule has 0 bridgehead atoms. The van der Waals surface area contributed by atoms with Gasteiger partial charge >= 0.3 is 5.97 Å². The molecule has 2 aliphatic heterocycles. The van der Waals surface area contributed by atoms with E-state index in [4.69, 9.17) is 28.3 Å². The lowest BCUT2D eigenvalue weighted by molar-refractivity contribution is -0.136. The number of halogens is 3. The number of carboxylic acid groups (broad SMARTS) is 1. The van der Waals surface area contributed by atoms with Crippen molar-refractivity contribution in [2.24, 2.45) is 0 Å². The summed E-state index contributed by atoms with van der Waals surface area (Å²) in [5.41, 5.74) is 0.315. The molecule has 2 heterocycles. The Balaban J connectivity index is 1.51. The summed E-state index contributed by atoms with van der Waals surface area (Å²) in [5.74, 6) is -3.30. The Labute approximate surface area is 246 Å². The molecule has 3 atom stereocenters. The van der Waals surface area contributed by atoms with Gasteiger partial charge in [-0.05, 0) is 59.9 Å². The third-order valence-corrected chi connectivity index (χ3v) is 9.41. The number of benzene rings is 3. The molecular weight excluding hydrogens is 568 g/mol. The van der Waals surface area contributed by atoms with Crippen molar-refractivity contribution in [3.8, 4) is 0 Å². The lowest BCUT2D eigenvalue weighted by Gasteiger charge is -2.47. The van der Waals surface area contributed by atoms with E-state index in [1.807, 2.05) is 6.07 Å². The van der Waals surface area contributed by atoms with Gasteiger partial charge in [0.05, 0.1) is 17.5 Å². The highest BCUT2D eigenvalue weighted by Gasteiger charge is 2.72. The summed E-state index contributed by atoms with van der Waals surface area (Å²) >= 11 is 12.6. The summed E-state index contributed by atoms with van der Waals surface area (Å²) in [5, 5.41) is 18.9. The van der Waals surface area contributed by atoms with Gasteiger partial charge in [-0.25, -0.2) is 4.39 Å². The number of carbonyl (C=O) groups is 3. The van der Waals surface area contributed by atoms with Crippen LogP contribution in [0.1, 0.15) is 54.7 Å². The van der Waals surface area contributed by atoms with Gasteiger partial charge in [-0.3, -0.25) is 19.7 Å². The summed E-state index contributed by atoms with van der Waals surface area (Å²) in [7, 11) is 0. The largest absolute Gasteiger partial charge is 0.481 e. The summed E-state index contributed by atoms with van der Waals surface area (Å²) in [4.78, 5) is 39.5. The van der Waals surface area contributed by atoms with Crippen LogP contribution in [0.5, 0.6) is 0 Å². The highest BCUT2D eigenvalue weighted by atomic mass is 35.5. The summed E-state index contributed by atoms with van der Waals surface area (Å²) in [6.45, 7) is 0. The lowest BCUT2D eigenvalue weighted by atomic mass is 9.55. The normalized spacial score (nSPS) is 24.3. The number of fused-ring (bicyclic) bond motifs is 3. The second kappa shape index (κ2) is 10.4. The quantitative estimate of drug-likeness (QED) is 0.287. The Hall–Kier alpha value is -3.46. The number of anilines is 2. The van der Waals surface area contributed by atoms with Crippen LogP contribution < -0.4 is 16.0 Å². The van der Waals surface area contributed by atoms with Crippen molar-refractivity contribution < 1.29 is 23.9 Å². The molecule has 10 heteroatoms. The Bertz CT molecular complexity index is 1560. The van der Waals surface area contributed by atoms with Crippen LogP contribution in [0.25, 0.3) is 0 Å². The van der Waals surface area contributed by atoms with Crippen molar-refractivity contribution in [2.75, 3.05) is 10.6 Å². The molecule has 3 aromatic rings. The van der Waals surface area contributed by atoms with Crippen molar-refractivity contribution in [2.45, 2.75) is 61.4 Å². The Morgan fingerprint density at radius 1 is 1.02 bits per heavy atom. The molecule has 3 unspecified atom stereocenters. The lowest BCUT2D eigenvalue weighted by Crippen LogP contribution is -2.60. The number of amides is 2. The summed E-state index contributed by atoms with van der Waals surface area (Å²) < 4.78 is 15.9. The van der Waals surface area contributed by atoms with Crippen LogP contribution in [-0.2, 0) is 26.2 Å². The van der Waals surface area contributed by atoms with Gasteiger partial charge in [0, 0.05) is 27.9 Å². The Kier molecular flexibility index (Phi) is 7.04. The van der Waals surface area contributed by atoms with E-state index in [0.29, 0.717) is 40.4 Å². The van der Waals surface area contributed by atoms with Gasteiger partial charge in [-0.2, -0.15) is 0 Å². The fraction of sp³-hybridized carbons (Fsp3) is 0.323. The second-order valence-electron chi connectivity index (χ2n) is 11.1. The molecule has 212 valence electrons. The van der Waals surface area contributed by atoms with Crippen LogP contribution in [0.3, 0.4) is 0 Å². The SMILES string of the molecule is O=C(O)Cc1ccc(NC(=O)C2NC3(CCCCC3)C3(C(=O)Nc4cc(Cl)ccc43)C2c2cccc(Cl)c2F)cc1. The van der Waals surface area contributed by atoms with Gasteiger partial charge < -0.3 is 15.7 Å². The zero-order valence-corrected chi connectivity index (χ0v) is 23.5. The molecule has 6 rings (SSSR count). The minimum absolute atomic E-state index is 0.0924. The number of aliphatic carboxylic acids is 1. The first-order chi connectivity index (χ1) is 19.7. The minimum atomic E-state index is -1.31. The zero-order valence-electron chi connectivity index (χ0n) is 22.0. The third-order valence-electron chi connectivity index (χ3n) is 8.88. The monoisotopic (exact) mass is 595 g/mol. The maximum Gasteiger partial charge on any atom is 0.307 e. The number of nitrogens with one attached hydrogen (secondary N) is 3. The predicted octanol–water partition coefficient (Wildman–Crippen LogP) is 6.05. The maximum atomic E-state index is 15.9. The second-order valence-corrected chi connectivity index (χ2v) is 11.9. The van der Waals surface area contributed by atoms with Crippen molar-refractivity contribution in [3.05, 3.63) is 93.2 Å². The molecule has 1 saturated carbocycles. The number of hydrogen-bond donors (Lipinski definition) is 4. The average Bonchev–Trinajstić information content (AvgIpc) is 3.39. The van der Waals surface area contributed by atoms with E-state index >= 15 is 4.39 Å². The molecule has 2 amide bonds. The average molecular weight is 596 g/mol. The fourth-order valence-corrected chi connectivity index (χ4v) is 7.67. The molecule has 1 saturated heterocycles. The number of carbonyl (C=O) groups excluding carboxylic acids is 2. The Morgan fingerprint density at radius 2 is 1.76 bits per heavy atom. The molecule has 2 fully saturated rings. The van der Waals surface area contributed by atoms with E-state index < -0.39 is 40.6 Å². The van der Waals surface area contributed by atoms with Crippen LogP contribution >= 0.6 is 23.2 Å². The highest BCUT2D eigenvalue weighted by Crippen LogP contribution is 2.62. The van der Waals surface area contributed by atoms with Crippen molar-refractivity contribution in [3.63, 3.8) is 0 Å². The van der Waals surface area contributed by atoms with E-state index in [2.05, 4.69) is 16.0 Å². The molecule has 1 aliphatic carbocycles. The molecule has 0 aromatic heterocycles. The van der Waals surface area contributed by atoms with Crippen molar-refractivity contribution in [1.82, 2.24) is 5.32 Å². The molecular formula is C31H28Cl2FN3O4. The standard InChI is InChI=1S/C31H28Cl2FN3O4/c32-18-9-12-21-23(16-18)36-29(41)31(21)25(20-5-4-6-22(33)26(20)34)27(37-30(31)13-2-1-3-14-30)28(40)35-19-10-7-17(8-11-19)15-24(38)39/h4-12,16,25,27,37H,1-3,13-15H2,(H,35,40)(H,36,41)(H,38,39). The maximum absolute atomic E-state index is 15.9. The predicted molar refractivity (Wildman–Crippen MR) is 155 cm³/mol. The number of carboxylic acids is 1. The molecule has 7 nitrogen and oxygen atoms in total. The van der Waals surface area contributed by atoms with E-state index in [1.54, 1.807) is 48.5 Å². The molecule has 41 heavy (non-hydrogen) atoms. The first kappa shape index (κ1) is 27.7. The van der Waals surface area contributed by atoms with Crippen LogP contribution in [0.15, 0.2) is 60.7 Å². The minimum Gasteiger partial charge on any atom is -0.481 e. The van der Waals surface area contributed by atoms with E-state index in [1.165, 1.54) is 6.07 Å².